The number of fused-ring (bicyclic) bond motifs is 1. The number of hydrogen-bond donors (Lipinski definition) is 0. The molecule has 1 aliphatic heterocycles. The molecule has 0 atom stereocenters. The summed E-state index contributed by atoms with van der Waals surface area (Å²) in [7, 11) is 2.69. The predicted octanol–water partition coefficient (Wildman–Crippen LogP) is 1.45. The van der Waals surface area contributed by atoms with E-state index in [-0.39, 0.29) is 23.2 Å². The molecule has 0 aliphatic carbocycles. The highest BCUT2D eigenvalue weighted by molar-refractivity contribution is 6.17. The van der Waals surface area contributed by atoms with Gasteiger partial charge in [0.25, 0.3) is 0 Å². The fourth-order valence-corrected chi connectivity index (χ4v) is 1.94. The molecule has 0 bridgehead atoms. The average Bonchev–Trinajstić information content (AvgIpc) is 2.60. The van der Waals surface area contributed by atoms with E-state index in [9.17, 15) is 9.59 Å². The summed E-state index contributed by atoms with van der Waals surface area (Å²) < 4.78 is 11.2. The van der Waals surface area contributed by atoms with Gasteiger partial charge < -0.3 is 9.47 Å². The minimum atomic E-state index is -0.379. The number of carbonyl (C=O) groups is 2. The molecule has 2 heterocycles. The van der Waals surface area contributed by atoms with Crippen LogP contribution in [0.5, 0.6) is 0 Å². The smallest absolute Gasteiger partial charge is 0.301 e. The second-order valence-electron chi connectivity index (χ2n) is 3.86. The highest BCUT2D eigenvalue weighted by atomic mass is 16.5. The summed E-state index contributed by atoms with van der Waals surface area (Å²) in [5.41, 5.74) is 2.02. The SMILES string of the molecule is COC1=C(OC)C(=O)n2cc(C)c(C)c2C1=O. The van der Waals surface area contributed by atoms with Gasteiger partial charge in [-0.15, -0.1) is 0 Å². The van der Waals surface area contributed by atoms with Gasteiger partial charge in [-0.05, 0) is 25.0 Å². The van der Waals surface area contributed by atoms with Crippen LogP contribution in [0.3, 0.4) is 0 Å². The van der Waals surface area contributed by atoms with Gasteiger partial charge in [0.1, 0.15) is 5.69 Å². The molecule has 1 aromatic rings. The van der Waals surface area contributed by atoms with Gasteiger partial charge in [0.15, 0.2) is 0 Å². The van der Waals surface area contributed by atoms with Crippen LogP contribution < -0.4 is 0 Å². The van der Waals surface area contributed by atoms with Crippen molar-refractivity contribution in [3.63, 3.8) is 0 Å². The maximum atomic E-state index is 12.2. The van der Waals surface area contributed by atoms with Crippen LogP contribution in [0.25, 0.3) is 0 Å². The molecule has 0 N–H and O–H groups in total. The van der Waals surface area contributed by atoms with E-state index in [0.29, 0.717) is 5.69 Å². The number of aryl methyl sites for hydroxylation is 1. The summed E-state index contributed by atoms with van der Waals surface area (Å²) in [6.07, 6.45) is 1.64. The van der Waals surface area contributed by atoms with Gasteiger partial charge in [-0.1, -0.05) is 0 Å². The number of Topliss-reactive ketones (excluding diaryl/α,β-unsaturated/α-hetero) is 1. The fraction of sp³-hybridized carbons (Fsp3) is 0.333. The molecule has 0 spiro atoms. The zero-order valence-corrected chi connectivity index (χ0v) is 10.2. The van der Waals surface area contributed by atoms with Crippen LogP contribution in [0.1, 0.15) is 26.4 Å². The third kappa shape index (κ3) is 1.39. The van der Waals surface area contributed by atoms with E-state index in [1.54, 1.807) is 13.1 Å². The number of methoxy groups -OCH3 is 2. The minimum Gasteiger partial charge on any atom is -0.489 e. The van der Waals surface area contributed by atoms with Gasteiger partial charge >= 0.3 is 5.91 Å². The molecule has 5 nitrogen and oxygen atoms in total. The van der Waals surface area contributed by atoms with Crippen molar-refractivity contribution in [1.29, 1.82) is 0 Å². The zero-order chi connectivity index (χ0) is 12.7. The summed E-state index contributed by atoms with van der Waals surface area (Å²) in [5, 5.41) is 0. The molecule has 2 rings (SSSR count). The lowest BCUT2D eigenvalue weighted by molar-refractivity contribution is 0.0756. The Labute approximate surface area is 98.6 Å². The lowest BCUT2D eigenvalue weighted by Gasteiger charge is -2.18. The molecule has 1 aromatic heterocycles. The standard InChI is InChI=1S/C12H13NO4/c1-6-5-13-8(7(6)2)9(14)10(16-3)11(17-4)12(13)15/h5H,1-4H3. The molecule has 1 aliphatic rings. The Morgan fingerprint density at radius 1 is 1.06 bits per heavy atom. The number of rotatable bonds is 2. The summed E-state index contributed by atoms with van der Waals surface area (Å²) in [6, 6.07) is 0. The lowest BCUT2D eigenvalue weighted by Crippen LogP contribution is -2.29. The monoisotopic (exact) mass is 235 g/mol. The Bertz CT molecular complexity index is 551. The topological polar surface area (TPSA) is 57.5 Å². The Morgan fingerprint density at radius 2 is 1.65 bits per heavy atom. The molecule has 0 fully saturated rings. The van der Waals surface area contributed by atoms with Crippen LogP contribution >= 0.6 is 0 Å². The van der Waals surface area contributed by atoms with Gasteiger partial charge in [0, 0.05) is 6.20 Å². The van der Waals surface area contributed by atoms with Crippen molar-refractivity contribution in [2.45, 2.75) is 13.8 Å². The van der Waals surface area contributed by atoms with Crippen molar-refractivity contribution < 1.29 is 19.1 Å². The van der Waals surface area contributed by atoms with Crippen LogP contribution in [-0.2, 0) is 9.47 Å². The number of hydrogen-bond acceptors (Lipinski definition) is 4. The number of ketones is 1. The van der Waals surface area contributed by atoms with Crippen LogP contribution in [0, 0.1) is 13.8 Å². The quantitative estimate of drug-likeness (QED) is 0.778. The number of carbonyl (C=O) groups excluding carboxylic acids is 2. The minimum absolute atomic E-state index is 0.0359. The van der Waals surface area contributed by atoms with Crippen LogP contribution in [0.15, 0.2) is 17.7 Å². The van der Waals surface area contributed by atoms with Gasteiger partial charge in [0.05, 0.1) is 14.2 Å². The van der Waals surface area contributed by atoms with E-state index in [1.165, 1.54) is 18.8 Å². The van der Waals surface area contributed by atoms with E-state index in [4.69, 9.17) is 9.47 Å². The second kappa shape index (κ2) is 3.76. The van der Waals surface area contributed by atoms with Gasteiger partial charge in [-0.2, -0.15) is 0 Å². The summed E-state index contributed by atoms with van der Waals surface area (Å²) >= 11 is 0. The molecular weight excluding hydrogens is 222 g/mol. The van der Waals surface area contributed by atoms with E-state index in [2.05, 4.69) is 0 Å². The molecular formula is C12H13NO4. The Kier molecular flexibility index (Phi) is 2.53. The first-order valence-corrected chi connectivity index (χ1v) is 5.13. The molecule has 0 amide bonds. The normalized spacial score (nSPS) is 15.1. The van der Waals surface area contributed by atoms with Crippen LogP contribution in [0.4, 0.5) is 0 Å². The van der Waals surface area contributed by atoms with E-state index in [0.717, 1.165) is 11.1 Å². The largest absolute Gasteiger partial charge is 0.489 e. The van der Waals surface area contributed by atoms with Crippen molar-refractivity contribution >= 4 is 11.7 Å². The number of allylic oxidation sites excluding steroid dienone is 2. The molecule has 0 saturated carbocycles. The van der Waals surface area contributed by atoms with Gasteiger partial charge in [0.2, 0.25) is 17.3 Å². The third-order valence-corrected chi connectivity index (χ3v) is 2.96. The first-order valence-electron chi connectivity index (χ1n) is 5.13. The summed E-state index contributed by atoms with van der Waals surface area (Å²) in [5.74, 6) is -0.795. The number of nitrogens with zero attached hydrogens (tertiary/aromatic N) is 1. The number of ether oxygens (including phenoxy) is 2. The molecule has 0 saturated heterocycles. The molecule has 0 unspecified atom stereocenters. The highest BCUT2D eigenvalue weighted by Gasteiger charge is 2.36. The molecule has 0 radical (unpaired) electrons. The van der Waals surface area contributed by atoms with E-state index in [1.807, 2.05) is 6.92 Å². The first kappa shape index (κ1) is 11.4. The van der Waals surface area contributed by atoms with Crippen LogP contribution in [0.2, 0.25) is 0 Å². The Morgan fingerprint density at radius 3 is 2.18 bits per heavy atom. The van der Waals surface area contributed by atoms with Crippen LogP contribution in [-0.4, -0.2) is 30.5 Å². The van der Waals surface area contributed by atoms with Crippen molar-refractivity contribution in [1.82, 2.24) is 4.57 Å². The van der Waals surface area contributed by atoms with E-state index < -0.39 is 0 Å². The molecule has 90 valence electrons. The van der Waals surface area contributed by atoms with Crippen molar-refractivity contribution in [2.24, 2.45) is 0 Å². The Balaban J connectivity index is 2.72. The predicted molar refractivity (Wildman–Crippen MR) is 59.9 cm³/mol. The number of aromatic nitrogens is 1. The zero-order valence-electron chi connectivity index (χ0n) is 10.2. The molecule has 0 aromatic carbocycles. The molecule has 17 heavy (non-hydrogen) atoms. The maximum absolute atomic E-state index is 12.2. The Hall–Kier alpha value is -2.04. The third-order valence-electron chi connectivity index (χ3n) is 2.96. The summed E-state index contributed by atoms with van der Waals surface area (Å²) in [6.45, 7) is 3.65. The maximum Gasteiger partial charge on any atom is 0.301 e. The first-order chi connectivity index (χ1) is 8.02. The van der Waals surface area contributed by atoms with Gasteiger partial charge in [-0.25, -0.2) is 0 Å². The average molecular weight is 235 g/mol. The van der Waals surface area contributed by atoms with Gasteiger partial charge in [-0.3, -0.25) is 14.2 Å². The highest BCUT2D eigenvalue weighted by Crippen LogP contribution is 2.27. The van der Waals surface area contributed by atoms with Crippen molar-refractivity contribution in [3.8, 4) is 0 Å². The molecule has 5 heteroatoms. The fourth-order valence-electron chi connectivity index (χ4n) is 1.94. The van der Waals surface area contributed by atoms with E-state index >= 15 is 0 Å². The summed E-state index contributed by atoms with van der Waals surface area (Å²) in [4.78, 5) is 24.2. The van der Waals surface area contributed by atoms with Crippen molar-refractivity contribution in [2.75, 3.05) is 14.2 Å². The van der Waals surface area contributed by atoms with Crippen molar-refractivity contribution in [3.05, 3.63) is 34.5 Å². The second-order valence-corrected chi connectivity index (χ2v) is 3.86. The lowest BCUT2D eigenvalue weighted by atomic mass is 10.1.